The molecule has 106 valence electrons. The van der Waals surface area contributed by atoms with Crippen LogP contribution in [0.3, 0.4) is 0 Å². The smallest absolute Gasteiger partial charge is 0.234 e. The molecule has 0 aromatic heterocycles. The summed E-state index contributed by atoms with van der Waals surface area (Å²) < 4.78 is 10.5. The van der Waals surface area contributed by atoms with Crippen molar-refractivity contribution in [1.82, 2.24) is 5.32 Å². The van der Waals surface area contributed by atoms with Crippen LogP contribution in [0.25, 0.3) is 0 Å². The van der Waals surface area contributed by atoms with Gasteiger partial charge in [-0.05, 0) is 31.5 Å². The first-order chi connectivity index (χ1) is 9.03. The van der Waals surface area contributed by atoms with E-state index in [1.54, 1.807) is 14.2 Å². The van der Waals surface area contributed by atoms with Gasteiger partial charge in [-0.25, -0.2) is 0 Å². The summed E-state index contributed by atoms with van der Waals surface area (Å²) in [5, 5.41) is 2.95. The molecule has 1 aromatic carbocycles. The summed E-state index contributed by atoms with van der Waals surface area (Å²) in [4.78, 5) is 11.7. The van der Waals surface area contributed by atoms with E-state index in [0.717, 1.165) is 23.5 Å². The molecule has 0 saturated carbocycles. The van der Waals surface area contributed by atoms with E-state index < -0.39 is 0 Å². The average molecular weight is 330 g/mol. The number of nitrogens with one attached hydrogen (secondary N) is 1. The van der Waals surface area contributed by atoms with E-state index in [1.165, 1.54) is 0 Å². The molecular formula is C14H20BrNO3. The third kappa shape index (κ3) is 4.13. The Labute approximate surface area is 122 Å². The van der Waals surface area contributed by atoms with Crippen molar-refractivity contribution in [3.05, 3.63) is 23.8 Å². The molecule has 0 saturated heterocycles. The molecule has 0 spiro atoms. The maximum Gasteiger partial charge on any atom is 0.234 e. The van der Waals surface area contributed by atoms with Crippen LogP contribution in [0.2, 0.25) is 0 Å². The Bertz CT molecular complexity index is 437. The second kappa shape index (κ2) is 7.38. The quantitative estimate of drug-likeness (QED) is 0.816. The minimum Gasteiger partial charge on any atom is -0.497 e. The highest BCUT2D eigenvalue weighted by Gasteiger charge is 2.18. The monoisotopic (exact) mass is 329 g/mol. The lowest BCUT2D eigenvalue weighted by Crippen LogP contribution is -2.33. The zero-order valence-corrected chi connectivity index (χ0v) is 13.3. The molecule has 19 heavy (non-hydrogen) atoms. The maximum atomic E-state index is 11.9. The second-order valence-electron chi connectivity index (χ2n) is 4.21. The SMILES string of the molecule is CCC(Br)C(=O)NC(C)c1cc(OC)ccc1OC. The lowest BCUT2D eigenvalue weighted by atomic mass is 10.1. The number of hydrogen-bond donors (Lipinski definition) is 1. The highest BCUT2D eigenvalue weighted by atomic mass is 79.9. The van der Waals surface area contributed by atoms with Gasteiger partial charge < -0.3 is 14.8 Å². The molecule has 1 aromatic rings. The minimum absolute atomic E-state index is 0.0279. The Hall–Kier alpha value is -1.23. The molecule has 0 heterocycles. The molecule has 0 aliphatic heterocycles. The summed E-state index contributed by atoms with van der Waals surface area (Å²) in [6.45, 7) is 3.88. The van der Waals surface area contributed by atoms with Crippen LogP contribution in [0.4, 0.5) is 0 Å². The predicted octanol–water partition coefficient (Wildman–Crippen LogP) is 3.05. The van der Waals surface area contributed by atoms with E-state index in [9.17, 15) is 4.79 Å². The molecule has 4 nitrogen and oxygen atoms in total. The fourth-order valence-corrected chi connectivity index (χ4v) is 1.88. The number of rotatable bonds is 6. The first-order valence-electron chi connectivity index (χ1n) is 6.19. The molecule has 0 bridgehead atoms. The van der Waals surface area contributed by atoms with Crippen LogP contribution in [0.15, 0.2) is 18.2 Å². The molecule has 2 atom stereocenters. The lowest BCUT2D eigenvalue weighted by Gasteiger charge is -2.19. The van der Waals surface area contributed by atoms with Crippen LogP contribution >= 0.6 is 15.9 Å². The largest absolute Gasteiger partial charge is 0.497 e. The molecule has 1 rings (SSSR count). The van der Waals surface area contributed by atoms with Crippen molar-refractivity contribution in [2.24, 2.45) is 0 Å². The Morgan fingerprint density at radius 1 is 1.37 bits per heavy atom. The Morgan fingerprint density at radius 3 is 2.58 bits per heavy atom. The number of hydrogen-bond acceptors (Lipinski definition) is 3. The molecule has 0 fully saturated rings. The number of ether oxygens (including phenoxy) is 2. The number of carbonyl (C=O) groups excluding carboxylic acids is 1. The fraction of sp³-hybridized carbons (Fsp3) is 0.500. The number of methoxy groups -OCH3 is 2. The molecule has 0 radical (unpaired) electrons. The van der Waals surface area contributed by atoms with Crippen molar-refractivity contribution in [3.63, 3.8) is 0 Å². The van der Waals surface area contributed by atoms with Gasteiger partial charge >= 0.3 is 0 Å². The summed E-state index contributed by atoms with van der Waals surface area (Å²) in [5.74, 6) is 1.44. The maximum absolute atomic E-state index is 11.9. The number of amides is 1. The van der Waals surface area contributed by atoms with Crippen molar-refractivity contribution < 1.29 is 14.3 Å². The van der Waals surface area contributed by atoms with E-state index >= 15 is 0 Å². The third-order valence-corrected chi connectivity index (χ3v) is 3.97. The van der Waals surface area contributed by atoms with Crippen LogP contribution in [0, 0.1) is 0 Å². The normalized spacial score (nSPS) is 13.5. The van der Waals surface area contributed by atoms with Gasteiger partial charge in [0.05, 0.1) is 25.1 Å². The minimum atomic E-state index is -0.174. The molecular weight excluding hydrogens is 310 g/mol. The average Bonchev–Trinajstić information content (AvgIpc) is 2.45. The van der Waals surface area contributed by atoms with Gasteiger partial charge in [0.1, 0.15) is 11.5 Å². The van der Waals surface area contributed by atoms with Crippen LogP contribution in [-0.4, -0.2) is 25.0 Å². The van der Waals surface area contributed by atoms with Gasteiger partial charge in [-0.2, -0.15) is 0 Å². The van der Waals surface area contributed by atoms with E-state index in [-0.39, 0.29) is 16.8 Å². The molecule has 1 amide bonds. The van der Waals surface area contributed by atoms with Gasteiger partial charge in [0.15, 0.2) is 0 Å². The summed E-state index contributed by atoms with van der Waals surface area (Å²) in [7, 11) is 3.22. The van der Waals surface area contributed by atoms with E-state index in [1.807, 2.05) is 32.0 Å². The number of halogens is 1. The fourth-order valence-electron chi connectivity index (χ4n) is 1.74. The second-order valence-corrected chi connectivity index (χ2v) is 5.32. The summed E-state index contributed by atoms with van der Waals surface area (Å²) in [6.07, 6.45) is 0.744. The lowest BCUT2D eigenvalue weighted by molar-refractivity contribution is -0.121. The summed E-state index contributed by atoms with van der Waals surface area (Å²) in [5.41, 5.74) is 0.894. The third-order valence-electron chi connectivity index (χ3n) is 2.91. The van der Waals surface area contributed by atoms with Crippen molar-refractivity contribution >= 4 is 21.8 Å². The van der Waals surface area contributed by atoms with E-state index in [0.29, 0.717) is 0 Å². The highest BCUT2D eigenvalue weighted by molar-refractivity contribution is 9.10. The van der Waals surface area contributed by atoms with Gasteiger partial charge in [-0.3, -0.25) is 4.79 Å². The standard InChI is InChI=1S/C14H20BrNO3/c1-5-12(15)14(17)16-9(2)11-8-10(18-3)6-7-13(11)19-4/h6-9,12H,5H2,1-4H3,(H,16,17). The van der Waals surface area contributed by atoms with Crippen LogP contribution in [0.1, 0.15) is 31.9 Å². The van der Waals surface area contributed by atoms with Crippen molar-refractivity contribution in [2.45, 2.75) is 31.1 Å². The molecule has 5 heteroatoms. The predicted molar refractivity (Wildman–Crippen MR) is 79.1 cm³/mol. The number of carbonyl (C=O) groups is 1. The van der Waals surface area contributed by atoms with Gasteiger partial charge in [0.2, 0.25) is 5.91 Å². The number of benzene rings is 1. The van der Waals surface area contributed by atoms with Crippen LogP contribution in [-0.2, 0) is 4.79 Å². The number of alkyl halides is 1. The van der Waals surface area contributed by atoms with Crippen LogP contribution in [0.5, 0.6) is 11.5 Å². The van der Waals surface area contributed by atoms with Gasteiger partial charge in [-0.15, -0.1) is 0 Å². The van der Waals surface area contributed by atoms with Gasteiger partial charge in [0, 0.05) is 5.56 Å². The highest BCUT2D eigenvalue weighted by Crippen LogP contribution is 2.29. The van der Waals surface area contributed by atoms with Crippen molar-refractivity contribution in [1.29, 1.82) is 0 Å². The first-order valence-corrected chi connectivity index (χ1v) is 7.11. The summed E-state index contributed by atoms with van der Waals surface area (Å²) in [6, 6.07) is 5.39. The van der Waals surface area contributed by atoms with E-state index in [2.05, 4.69) is 21.2 Å². The molecule has 0 aliphatic carbocycles. The zero-order valence-electron chi connectivity index (χ0n) is 11.7. The van der Waals surface area contributed by atoms with Crippen molar-refractivity contribution in [3.8, 4) is 11.5 Å². The Balaban J connectivity index is 2.91. The van der Waals surface area contributed by atoms with E-state index in [4.69, 9.17) is 9.47 Å². The Kier molecular flexibility index (Phi) is 6.15. The summed E-state index contributed by atoms with van der Waals surface area (Å²) >= 11 is 3.34. The van der Waals surface area contributed by atoms with Crippen molar-refractivity contribution in [2.75, 3.05) is 14.2 Å². The molecule has 0 aliphatic rings. The molecule has 2 unspecified atom stereocenters. The molecule has 1 N–H and O–H groups in total. The van der Waals surface area contributed by atoms with Gasteiger partial charge in [0.25, 0.3) is 0 Å². The zero-order chi connectivity index (χ0) is 14.4. The van der Waals surface area contributed by atoms with Gasteiger partial charge in [-0.1, -0.05) is 22.9 Å². The topological polar surface area (TPSA) is 47.6 Å². The first kappa shape index (κ1) is 15.8. The van der Waals surface area contributed by atoms with Crippen LogP contribution < -0.4 is 14.8 Å². The Morgan fingerprint density at radius 2 is 2.05 bits per heavy atom.